The number of halogens is 1. The number of carbonyl (C=O) groups excluding carboxylic acids is 1. The van der Waals surface area contributed by atoms with Gasteiger partial charge in [0, 0.05) is 6.04 Å². The van der Waals surface area contributed by atoms with Gasteiger partial charge >= 0.3 is 0 Å². The number of hydrogen-bond donors (Lipinski definition) is 4. The van der Waals surface area contributed by atoms with Gasteiger partial charge in [-0.3, -0.25) is 10.2 Å². The molecule has 1 aliphatic heterocycles. The van der Waals surface area contributed by atoms with Crippen LogP contribution in [0.3, 0.4) is 0 Å². The van der Waals surface area contributed by atoms with Crippen LogP contribution in [0.4, 0.5) is 11.5 Å². The Morgan fingerprint density at radius 1 is 1.47 bits per heavy atom. The molecule has 0 aliphatic carbocycles. The molecule has 0 aromatic carbocycles. The van der Waals surface area contributed by atoms with Crippen molar-refractivity contribution in [3.63, 3.8) is 0 Å². The molecule has 1 fully saturated rings. The number of aromatic nitrogens is 1. The van der Waals surface area contributed by atoms with E-state index in [1.165, 1.54) is 0 Å². The lowest BCUT2D eigenvalue weighted by Gasteiger charge is -2.12. The minimum absolute atomic E-state index is 0. The van der Waals surface area contributed by atoms with Gasteiger partial charge in [-0.1, -0.05) is 13.8 Å². The highest BCUT2D eigenvalue weighted by Gasteiger charge is 2.30. The Morgan fingerprint density at radius 3 is 2.74 bits per heavy atom. The van der Waals surface area contributed by atoms with Gasteiger partial charge in [-0.05, 0) is 24.5 Å². The van der Waals surface area contributed by atoms with Crippen LogP contribution in [0.1, 0.15) is 20.3 Å². The molecule has 2 unspecified atom stereocenters. The first-order valence-corrected chi connectivity index (χ1v) is 6.09. The molecule has 2 rings (SSSR count). The number of pyridine rings is 1. The Kier molecular flexibility index (Phi) is 5.53. The first kappa shape index (κ1) is 15.7. The number of rotatable bonds is 3. The predicted molar refractivity (Wildman–Crippen MR) is 77.8 cm³/mol. The highest BCUT2D eigenvalue weighted by atomic mass is 35.5. The zero-order valence-corrected chi connectivity index (χ0v) is 11.8. The van der Waals surface area contributed by atoms with Crippen molar-refractivity contribution in [1.82, 2.24) is 15.8 Å². The SMILES string of the molecule is CC(C)C1CC(C(=O)Nc2ccc(N)nc2)NN1.Cl. The maximum absolute atomic E-state index is 12.0. The van der Waals surface area contributed by atoms with Gasteiger partial charge in [0.05, 0.1) is 11.9 Å². The quantitative estimate of drug-likeness (QED) is 0.663. The second-order valence-electron chi connectivity index (χ2n) is 4.89. The van der Waals surface area contributed by atoms with E-state index in [4.69, 9.17) is 5.73 Å². The van der Waals surface area contributed by atoms with Crippen LogP contribution < -0.4 is 21.9 Å². The summed E-state index contributed by atoms with van der Waals surface area (Å²) in [6, 6.07) is 3.51. The number of nitrogens with two attached hydrogens (primary N) is 1. The third-order valence-electron chi connectivity index (χ3n) is 3.11. The van der Waals surface area contributed by atoms with E-state index in [-0.39, 0.29) is 24.4 Å². The Balaban J connectivity index is 0.00000180. The standard InChI is InChI=1S/C12H19N5O.ClH/c1-7(2)9-5-10(17-16-9)12(18)15-8-3-4-11(13)14-6-8;/h3-4,6-7,9-10,16-17H,5H2,1-2H3,(H2,13,14)(H,15,18);1H. The summed E-state index contributed by atoms with van der Waals surface area (Å²) in [5.41, 5.74) is 12.3. The van der Waals surface area contributed by atoms with Crippen molar-refractivity contribution in [3.8, 4) is 0 Å². The van der Waals surface area contributed by atoms with E-state index in [0.717, 1.165) is 6.42 Å². The van der Waals surface area contributed by atoms with E-state index in [9.17, 15) is 4.79 Å². The molecule has 0 saturated carbocycles. The van der Waals surface area contributed by atoms with Crippen LogP contribution in [0, 0.1) is 5.92 Å². The average Bonchev–Trinajstić information content (AvgIpc) is 2.81. The number of hydrogen-bond acceptors (Lipinski definition) is 5. The van der Waals surface area contributed by atoms with Crippen LogP contribution in [0.25, 0.3) is 0 Å². The van der Waals surface area contributed by atoms with E-state index < -0.39 is 0 Å². The first-order chi connectivity index (χ1) is 8.56. The van der Waals surface area contributed by atoms with E-state index in [2.05, 4.69) is 35.0 Å². The second-order valence-corrected chi connectivity index (χ2v) is 4.89. The predicted octanol–water partition coefficient (Wildman–Crippen LogP) is 0.915. The summed E-state index contributed by atoms with van der Waals surface area (Å²) in [6.45, 7) is 4.26. The Morgan fingerprint density at radius 2 is 2.21 bits per heavy atom. The number of anilines is 2. The zero-order chi connectivity index (χ0) is 13.1. The number of amides is 1. The molecule has 5 N–H and O–H groups in total. The molecule has 6 nitrogen and oxygen atoms in total. The fourth-order valence-electron chi connectivity index (χ4n) is 1.90. The van der Waals surface area contributed by atoms with E-state index in [1.807, 2.05) is 0 Å². The van der Waals surface area contributed by atoms with Gasteiger partial charge in [0.1, 0.15) is 11.9 Å². The molecule has 106 valence electrons. The molecule has 0 radical (unpaired) electrons. The fourth-order valence-corrected chi connectivity index (χ4v) is 1.90. The molecule has 1 aromatic rings. The van der Waals surface area contributed by atoms with Crippen molar-refractivity contribution >= 4 is 29.8 Å². The van der Waals surface area contributed by atoms with Crippen LogP contribution >= 0.6 is 12.4 Å². The molecular formula is C12H20ClN5O. The van der Waals surface area contributed by atoms with Crippen LogP contribution in [-0.4, -0.2) is 23.0 Å². The summed E-state index contributed by atoms with van der Waals surface area (Å²) in [4.78, 5) is 15.9. The Bertz CT molecular complexity index is 423. The van der Waals surface area contributed by atoms with Crippen molar-refractivity contribution in [1.29, 1.82) is 0 Å². The maximum atomic E-state index is 12.0. The van der Waals surface area contributed by atoms with Crippen molar-refractivity contribution in [2.45, 2.75) is 32.4 Å². The van der Waals surface area contributed by atoms with Gasteiger partial charge in [-0.2, -0.15) is 0 Å². The summed E-state index contributed by atoms with van der Waals surface area (Å²) < 4.78 is 0. The molecule has 2 heterocycles. The van der Waals surface area contributed by atoms with E-state index in [1.54, 1.807) is 18.3 Å². The highest BCUT2D eigenvalue weighted by Crippen LogP contribution is 2.15. The van der Waals surface area contributed by atoms with E-state index in [0.29, 0.717) is 23.5 Å². The number of hydrazine groups is 1. The molecule has 2 atom stereocenters. The van der Waals surface area contributed by atoms with Gasteiger partial charge < -0.3 is 11.1 Å². The minimum Gasteiger partial charge on any atom is -0.384 e. The first-order valence-electron chi connectivity index (χ1n) is 6.09. The summed E-state index contributed by atoms with van der Waals surface area (Å²) in [7, 11) is 0. The lowest BCUT2D eigenvalue weighted by Crippen LogP contribution is -2.40. The largest absolute Gasteiger partial charge is 0.384 e. The molecule has 1 saturated heterocycles. The minimum atomic E-state index is -0.213. The van der Waals surface area contributed by atoms with Crippen LogP contribution in [0.15, 0.2) is 18.3 Å². The van der Waals surface area contributed by atoms with Crippen molar-refractivity contribution in [3.05, 3.63) is 18.3 Å². The van der Waals surface area contributed by atoms with Gasteiger partial charge in [-0.25, -0.2) is 10.4 Å². The molecule has 7 heteroatoms. The van der Waals surface area contributed by atoms with Gasteiger partial charge in [0.25, 0.3) is 0 Å². The number of nitrogen functional groups attached to an aromatic ring is 1. The fraction of sp³-hybridized carbons (Fsp3) is 0.500. The molecular weight excluding hydrogens is 266 g/mol. The molecule has 1 amide bonds. The molecule has 0 spiro atoms. The maximum Gasteiger partial charge on any atom is 0.242 e. The van der Waals surface area contributed by atoms with Crippen molar-refractivity contribution in [2.75, 3.05) is 11.1 Å². The third-order valence-corrected chi connectivity index (χ3v) is 3.11. The van der Waals surface area contributed by atoms with Gasteiger partial charge in [-0.15, -0.1) is 12.4 Å². The summed E-state index contributed by atoms with van der Waals surface area (Å²) in [5.74, 6) is 0.874. The summed E-state index contributed by atoms with van der Waals surface area (Å²) >= 11 is 0. The average molecular weight is 286 g/mol. The van der Waals surface area contributed by atoms with Crippen LogP contribution in [0.5, 0.6) is 0 Å². The topological polar surface area (TPSA) is 92.1 Å². The number of nitrogens with zero attached hydrogens (tertiary/aromatic N) is 1. The van der Waals surface area contributed by atoms with Crippen molar-refractivity contribution in [2.24, 2.45) is 5.92 Å². The van der Waals surface area contributed by atoms with Crippen LogP contribution in [0.2, 0.25) is 0 Å². The lowest BCUT2D eigenvalue weighted by atomic mass is 9.99. The van der Waals surface area contributed by atoms with E-state index >= 15 is 0 Å². The lowest BCUT2D eigenvalue weighted by molar-refractivity contribution is -0.117. The zero-order valence-electron chi connectivity index (χ0n) is 11.0. The van der Waals surface area contributed by atoms with Crippen LogP contribution in [-0.2, 0) is 4.79 Å². The molecule has 0 bridgehead atoms. The summed E-state index contributed by atoms with van der Waals surface area (Å²) in [5, 5.41) is 2.81. The van der Waals surface area contributed by atoms with Crippen molar-refractivity contribution < 1.29 is 4.79 Å². The Labute approximate surface area is 118 Å². The number of carbonyl (C=O) groups is 1. The Hall–Kier alpha value is -1.37. The third kappa shape index (κ3) is 4.05. The monoisotopic (exact) mass is 285 g/mol. The summed E-state index contributed by atoms with van der Waals surface area (Å²) in [6.07, 6.45) is 2.33. The van der Waals surface area contributed by atoms with Gasteiger partial charge in [0.2, 0.25) is 5.91 Å². The number of nitrogens with one attached hydrogen (secondary N) is 3. The molecule has 19 heavy (non-hydrogen) atoms. The highest BCUT2D eigenvalue weighted by molar-refractivity contribution is 5.94. The second kappa shape index (κ2) is 6.70. The molecule has 1 aliphatic rings. The van der Waals surface area contributed by atoms with Gasteiger partial charge in [0.15, 0.2) is 0 Å². The normalized spacial score (nSPS) is 22.1. The smallest absolute Gasteiger partial charge is 0.242 e. The molecule has 1 aromatic heterocycles.